The zero-order valence-electron chi connectivity index (χ0n) is 11.9. The quantitative estimate of drug-likeness (QED) is 0.701. The molecule has 1 rings (SSSR count). The van der Waals surface area contributed by atoms with E-state index in [1.807, 2.05) is 6.07 Å². The molecule has 0 amide bonds. The first-order chi connectivity index (χ1) is 9.13. The van der Waals surface area contributed by atoms with Crippen molar-refractivity contribution in [1.29, 1.82) is 5.26 Å². The van der Waals surface area contributed by atoms with E-state index in [4.69, 9.17) is 11.0 Å². The van der Waals surface area contributed by atoms with Gasteiger partial charge < -0.3 is 11.1 Å². The summed E-state index contributed by atoms with van der Waals surface area (Å²) >= 11 is 0. The maximum absolute atomic E-state index is 8.72. The van der Waals surface area contributed by atoms with Crippen LogP contribution in [0.1, 0.15) is 51.5 Å². The van der Waals surface area contributed by atoms with Gasteiger partial charge in [0.05, 0.1) is 11.3 Å². The summed E-state index contributed by atoms with van der Waals surface area (Å²) in [6, 6.07) is 3.67. The second-order valence-electron chi connectivity index (χ2n) is 5.30. The number of anilines is 2. The molecule has 1 aromatic heterocycles. The van der Waals surface area contributed by atoms with Crippen LogP contribution in [0, 0.1) is 17.2 Å². The summed E-state index contributed by atoms with van der Waals surface area (Å²) < 4.78 is 0. The van der Waals surface area contributed by atoms with Gasteiger partial charge in [-0.25, -0.2) is 4.98 Å². The van der Waals surface area contributed by atoms with Crippen molar-refractivity contribution in [3.8, 4) is 6.07 Å². The van der Waals surface area contributed by atoms with Crippen LogP contribution >= 0.6 is 0 Å². The lowest BCUT2D eigenvalue weighted by Gasteiger charge is -2.08. The molecule has 0 aliphatic heterocycles. The number of unbranched alkanes of at least 4 members (excludes halogenated alkanes) is 3. The first-order valence-electron chi connectivity index (χ1n) is 7.03. The number of hydrogen-bond acceptors (Lipinski definition) is 4. The van der Waals surface area contributed by atoms with Gasteiger partial charge in [0.2, 0.25) is 0 Å². The molecular formula is C15H24N4. The number of nitrogens with one attached hydrogen (secondary N) is 1. The summed E-state index contributed by atoms with van der Waals surface area (Å²) in [6.45, 7) is 5.41. The molecule has 3 N–H and O–H groups in total. The van der Waals surface area contributed by atoms with Crippen LogP contribution in [0.5, 0.6) is 0 Å². The highest BCUT2D eigenvalue weighted by atomic mass is 15.0. The largest absolute Gasteiger partial charge is 0.396 e. The summed E-state index contributed by atoms with van der Waals surface area (Å²) in [4.78, 5) is 4.15. The fraction of sp³-hybridized carbons (Fsp3) is 0.600. The van der Waals surface area contributed by atoms with Crippen molar-refractivity contribution in [1.82, 2.24) is 4.98 Å². The highest BCUT2D eigenvalue weighted by molar-refractivity contribution is 5.62. The van der Waals surface area contributed by atoms with Crippen LogP contribution in [0.3, 0.4) is 0 Å². The number of rotatable bonds is 8. The monoisotopic (exact) mass is 260 g/mol. The molecule has 0 aliphatic carbocycles. The number of nitrogen functional groups attached to an aromatic ring is 1. The van der Waals surface area contributed by atoms with Gasteiger partial charge in [0, 0.05) is 12.7 Å². The third-order valence-electron chi connectivity index (χ3n) is 3.05. The Kier molecular flexibility index (Phi) is 6.73. The van der Waals surface area contributed by atoms with E-state index in [-0.39, 0.29) is 0 Å². The SMILES string of the molecule is CC(C)CCCCCCNc1ncc(C#N)cc1N. The fourth-order valence-corrected chi connectivity index (χ4v) is 1.93. The number of nitrogens with two attached hydrogens (primary N) is 1. The molecule has 0 radical (unpaired) electrons. The fourth-order valence-electron chi connectivity index (χ4n) is 1.93. The van der Waals surface area contributed by atoms with Gasteiger partial charge >= 0.3 is 0 Å². The van der Waals surface area contributed by atoms with E-state index in [2.05, 4.69) is 24.1 Å². The Hall–Kier alpha value is -1.76. The zero-order valence-corrected chi connectivity index (χ0v) is 11.9. The molecule has 4 heteroatoms. The molecule has 1 heterocycles. The van der Waals surface area contributed by atoms with Crippen LogP contribution in [-0.4, -0.2) is 11.5 Å². The van der Waals surface area contributed by atoms with Crippen molar-refractivity contribution in [2.45, 2.75) is 46.0 Å². The Morgan fingerprint density at radius 3 is 2.68 bits per heavy atom. The van der Waals surface area contributed by atoms with E-state index in [9.17, 15) is 0 Å². The number of aromatic nitrogens is 1. The standard InChI is InChI=1S/C15H24N4/c1-12(2)7-5-3-4-6-8-18-15-14(17)9-13(10-16)11-19-15/h9,11-12H,3-8,17H2,1-2H3,(H,18,19). The van der Waals surface area contributed by atoms with Gasteiger partial charge in [0.1, 0.15) is 11.9 Å². The normalized spacial score (nSPS) is 10.4. The van der Waals surface area contributed by atoms with Crippen LogP contribution in [-0.2, 0) is 0 Å². The molecular weight excluding hydrogens is 236 g/mol. The summed E-state index contributed by atoms with van der Waals surface area (Å²) in [5.41, 5.74) is 6.85. The van der Waals surface area contributed by atoms with Crippen molar-refractivity contribution >= 4 is 11.5 Å². The van der Waals surface area contributed by atoms with E-state index in [0.29, 0.717) is 17.1 Å². The minimum absolute atomic E-state index is 0.497. The van der Waals surface area contributed by atoms with E-state index < -0.39 is 0 Å². The molecule has 0 bridgehead atoms. The average Bonchev–Trinajstić information content (AvgIpc) is 2.38. The van der Waals surface area contributed by atoms with E-state index in [0.717, 1.165) is 18.9 Å². The van der Waals surface area contributed by atoms with Crippen molar-refractivity contribution in [2.75, 3.05) is 17.6 Å². The third kappa shape index (κ3) is 6.10. The van der Waals surface area contributed by atoms with Crippen molar-refractivity contribution in [3.63, 3.8) is 0 Å². The smallest absolute Gasteiger partial charge is 0.149 e. The molecule has 1 aromatic rings. The molecule has 0 atom stereocenters. The van der Waals surface area contributed by atoms with Crippen molar-refractivity contribution in [2.24, 2.45) is 5.92 Å². The molecule has 0 fully saturated rings. The molecule has 104 valence electrons. The predicted octanol–water partition coefficient (Wildman–Crippen LogP) is 3.55. The van der Waals surface area contributed by atoms with Gasteiger partial charge in [-0.05, 0) is 18.4 Å². The molecule has 0 saturated heterocycles. The summed E-state index contributed by atoms with van der Waals surface area (Å²) in [6.07, 6.45) is 7.82. The van der Waals surface area contributed by atoms with Gasteiger partial charge in [-0.2, -0.15) is 5.26 Å². The zero-order chi connectivity index (χ0) is 14.1. The Balaban J connectivity index is 2.18. The van der Waals surface area contributed by atoms with Crippen molar-refractivity contribution < 1.29 is 0 Å². The van der Waals surface area contributed by atoms with Crippen LogP contribution in [0.15, 0.2) is 12.3 Å². The van der Waals surface area contributed by atoms with Gasteiger partial charge in [-0.3, -0.25) is 0 Å². The van der Waals surface area contributed by atoms with Crippen LogP contribution in [0.2, 0.25) is 0 Å². The highest BCUT2D eigenvalue weighted by Crippen LogP contribution is 2.16. The molecule has 19 heavy (non-hydrogen) atoms. The lowest BCUT2D eigenvalue weighted by molar-refractivity contribution is 0.523. The molecule has 0 aliphatic rings. The van der Waals surface area contributed by atoms with E-state index in [1.165, 1.54) is 25.7 Å². The Morgan fingerprint density at radius 1 is 1.32 bits per heavy atom. The van der Waals surface area contributed by atoms with Gasteiger partial charge in [-0.15, -0.1) is 0 Å². The minimum atomic E-state index is 0.497. The highest BCUT2D eigenvalue weighted by Gasteiger charge is 2.01. The second-order valence-corrected chi connectivity index (χ2v) is 5.30. The van der Waals surface area contributed by atoms with E-state index >= 15 is 0 Å². The lowest BCUT2D eigenvalue weighted by Crippen LogP contribution is -2.06. The van der Waals surface area contributed by atoms with Crippen molar-refractivity contribution in [3.05, 3.63) is 17.8 Å². The Morgan fingerprint density at radius 2 is 2.05 bits per heavy atom. The first-order valence-corrected chi connectivity index (χ1v) is 7.03. The second kappa shape index (κ2) is 8.36. The van der Waals surface area contributed by atoms with Gasteiger partial charge in [0.15, 0.2) is 0 Å². The predicted molar refractivity (Wildman–Crippen MR) is 79.8 cm³/mol. The Bertz CT molecular complexity index is 421. The number of pyridine rings is 1. The molecule has 0 spiro atoms. The number of nitrogens with zero attached hydrogens (tertiary/aromatic N) is 2. The topological polar surface area (TPSA) is 74.7 Å². The molecule has 0 aromatic carbocycles. The minimum Gasteiger partial charge on any atom is -0.396 e. The van der Waals surface area contributed by atoms with Crippen LogP contribution in [0.4, 0.5) is 11.5 Å². The average molecular weight is 260 g/mol. The summed E-state index contributed by atoms with van der Waals surface area (Å²) in [7, 11) is 0. The summed E-state index contributed by atoms with van der Waals surface area (Å²) in [5.74, 6) is 1.49. The van der Waals surface area contributed by atoms with Crippen LogP contribution < -0.4 is 11.1 Å². The lowest BCUT2D eigenvalue weighted by atomic mass is 10.0. The molecule has 0 saturated carbocycles. The van der Waals surface area contributed by atoms with Crippen LogP contribution in [0.25, 0.3) is 0 Å². The number of nitriles is 1. The number of hydrogen-bond donors (Lipinski definition) is 2. The molecule has 4 nitrogen and oxygen atoms in total. The van der Waals surface area contributed by atoms with Gasteiger partial charge in [-0.1, -0.05) is 39.5 Å². The van der Waals surface area contributed by atoms with E-state index in [1.54, 1.807) is 12.3 Å². The Labute approximate surface area is 116 Å². The summed E-state index contributed by atoms with van der Waals surface area (Å²) in [5, 5.41) is 11.9. The van der Waals surface area contributed by atoms with Gasteiger partial charge in [0.25, 0.3) is 0 Å². The first kappa shape index (κ1) is 15.3. The third-order valence-corrected chi connectivity index (χ3v) is 3.05. The molecule has 0 unspecified atom stereocenters. The maximum Gasteiger partial charge on any atom is 0.149 e. The maximum atomic E-state index is 8.72.